The van der Waals surface area contributed by atoms with E-state index in [-0.39, 0.29) is 11.4 Å². The van der Waals surface area contributed by atoms with Crippen molar-refractivity contribution in [1.29, 1.82) is 0 Å². The molecule has 21 heavy (non-hydrogen) atoms. The monoisotopic (exact) mass is 302 g/mol. The molecule has 0 heterocycles. The number of amides is 1. The van der Waals surface area contributed by atoms with Crippen LogP contribution >= 0.6 is 0 Å². The van der Waals surface area contributed by atoms with E-state index in [1.807, 2.05) is 0 Å². The predicted molar refractivity (Wildman–Crippen MR) is 72.6 cm³/mol. The number of hydrogen-bond donors (Lipinski definition) is 2. The summed E-state index contributed by atoms with van der Waals surface area (Å²) in [4.78, 5) is 11.8. The summed E-state index contributed by atoms with van der Waals surface area (Å²) >= 11 is 0. The number of anilines is 2. The molecular weight excluding hydrogens is 285 g/mol. The molecule has 1 aliphatic rings. The normalized spacial score (nSPS) is 16.6. The van der Waals surface area contributed by atoms with Crippen LogP contribution in [0.2, 0.25) is 0 Å². The molecular formula is C14H17F3N2O2. The van der Waals surface area contributed by atoms with Gasteiger partial charge in [-0.25, -0.2) is 0 Å². The van der Waals surface area contributed by atoms with Gasteiger partial charge >= 0.3 is 6.18 Å². The van der Waals surface area contributed by atoms with E-state index in [9.17, 15) is 18.0 Å². The average Bonchev–Trinajstić information content (AvgIpc) is 3.20. The number of nitrogen functional groups attached to an aromatic ring is 1. The Morgan fingerprint density at radius 1 is 1.48 bits per heavy atom. The average molecular weight is 302 g/mol. The first-order chi connectivity index (χ1) is 9.77. The molecule has 1 aliphatic carbocycles. The predicted octanol–water partition coefficient (Wildman–Crippen LogP) is 3.04. The van der Waals surface area contributed by atoms with Gasteiger partial charge in [-0.05, 0) is 43.9 Å². The van der Waals surface area contributed by atoms with E-state index >= 15 is 0 Å². The van der Waals surface area contributed by atoms with Crippen molar-refractivity contribution in [3.63, 3.8) is 0 Å². The fraction of sp³-hybridized carbons (Fsp3) is 0.500. The summed E-state index contributed by atoms with van der Waals surface area (Å²) in [5.41, 5.74) is 4.00. The smallest absolute Gasteiger partial charge is 0.398 e. The zero-order valence-corrected chi connectivity index (χ0v) is 11.5. The van der Waals surface area contributed by atoms with E-state index in [1.165, 1.54) is 6.07 Å². The molecule has 1 atom stereocenters. The van der Waals surface area contributed by atoms with Gasteiger partial charge in [0.2, 0.25) is 0 Å². The Kier molecular flexibility index (Phi) is 4.41. The number of alkyl halides is 3. The first-order valence-electron chi connectivity index (χ1n) is 6.66. The van der Waals surface area contributed by atoms with E-state index in [1.54, 1.807) is 6.92 Å². The van der Waals surface area contributed by atoms with Crippen molar-refractivity contribution < 1.29 is 22.7 Å². The van der Waals surface area contributed by atoms with Gasteiger partial charge in [-0.15, -0.1) is 0 Å². The second-order valence-electron chi connectivity index (χ2n) is 5.21. The molecule has 3 N–H and O–H groups in total. The Hall–Kier alpha value is -1.76. The summed E-state index contributed by atoms with van der Waals surface area (Å²) in [5.74, 6) is 0.0298. The highest BCUT2D eigenvalue weighted by atomic mass is 19.4. The van der Waals surface area contributed by atoms with Crippen molar-refractivity contribution in [3.05, 3.63) is 23.8 Å². The highest BCUT2D eigenvalue weighted by molar-refractivity contribution is 5.94. The molecule has 1 unspecified atom stereocenters. The number of carbonyl (C=O) groups excluding carboxylic acids is 1. The van der Waals surface area contributed by atoms with Gasteiger partial charge in [-0.2, -0.15) is 13.2 Å². The van der Waals surface area contributed by atoms with Gasteiger partial charge in [0.25, 0.3) is 5.91 Å². The molecule has 2 rings (SSSR count). The third-order valence-corrected chi connectivity index (χ3v) is 3.27. The molecule has 1 aromatic rings. The Labute approximate surface area is 120 Å². The highest BCUT2D eigenvalue weighted by Crippen LogP contribution is 2.35. The van der Waals surface area contributed by atoms with Crippen LogP contribution in [0.3, 0.4) is 0 Å². The maximum Gasteiger partial charge on any atom is 0.418 e. The number of ether oxygens (including phenoxy) is 1. The van der Waals surface area contributed by atoms with Crippen LogP contribution in [0.15, 0.2) is 18.2 Å². The number of nitrogens with one attached hydrogen (secondary N) is 1. The highest BCUT2D eigenvalue weighted by Gasteiger charge is 2.33. The fourth-order valence-corrected chi connectivity index (χ4v) is 1.76. The van der Waals surface area contributed by atoms with Crippen molar-refractivity contribution in [2.45, 2.75) is 32.0 Å². The Bertz CT molecular complexity index is 527. The zero-order valence-electron chi connectivity index (χ0n) is 11.5. The van der Waals surface area contributed by atoms with Crippen LogP contribution in [0.1, 0.15) is 25.3 Å². The third-order valence-electron chi connectivity index (χ3n) is 3.27. The van der Waals surface area contributed by atoms with E-state index in [0.29, 0.717) is 12.5 Å². The summed E-state index contributed by atoms with van der Waals surface area (Å²) in [6.07, 6.45) is -3.07. The topological polar surface area (TPSA) is 64.3 Å². The van der Waals surface area contributed by atoms with Gasteiger partial charge in [-0.1, -0.05) is 0 Å². The lowest BCUT2D eigenvalue weighted by molar-refractivity contribution is -0.137. The molecule has 116 valence electrons. The van der Waals surface area contributed by atoms with Crippen LogP contribution in [0.5, 0.6) is 0 Å². The lowest BCUT2D eigenvalue weighted by Crippen LogP contribution is -2.28. The summed E-state index contributed by atoms with van der Waals surface area (Å²) in [6, 6.07) is 3.27. The second kappa shape index (κ2) is 5.93. The van der Waals surface area contributed by atoms with Crippen molar-refractivity contribution in [2.24, 2.45) is 5.92 Å². The molecule has 0 saturated heterocycles. The lowest BCUT2D eigenvalue weighted by Gasteiger charge is -2.15. The van der Waals surface area contributed by atoms with Crippen LogP contribution < -0.4 is 11.1 Å². The van der Waals surface area contributed by atoms with Crippen LogP contribution in [-0.4, -0.2) is 18.6 Å². The largest absolute Gasteiger partial charge is 0.418 e. The number of hydrogen-bond acceptors (Lipinski definition) is 3. The van der Waals surface area contributed by atoms with Gasteiger partial charge in [-0.3, -0.25) is 4.79 Å². The number of nitrogens with two attached hydrogens (primary N) is 1. The molecule has 1 amide bonds. The molecule has 0 aliphatic heterocycles. The maximum atomic E-state index is 12.7. The summed E-state index contributed by atoms with van der Waals surface area (Å²) in [5, 5.41) is 2.41. The van der Waals surface area contributed by atoms with E-state index in [0.717, 1.165) is 25.0 Å². The fourth-order valence-electron chi connectivity index (χ4n) is 1.76. The summed E-state index contributed by atoms with van der Waals surface area (Å²) in [7, 11) is 0. The SMILES string of the molecule is CC(OCC1CC1)C(=O)Nc1ccc(N)c(C(F)(F)F)c1. The number of halogens is 3. The Morgan fingerprint density at radius 3 is 2.71 bits per heavy atom. The molecule has 1 saturated carbocycles. The Morgan fingerprint density at radius 2 is 2.14 bits per heavy atom. The van der Waals surface area contributed by atoms with Crippen molar-refractivity contribution >= 4 is 17.3 Å². The molecule has 0 radical (unpaired) electrons. The van der Waals surface area contributed by atoms with E-state index in [4.69, 9.17) is 10.5 Å². The standard InChI is InChI=1S/C14H17F3N2O2/c1-8(21-7-9-2-3-9)13(20)19-10-4-5-12(18)11(6-10)14(15,16)17/h4-6,8-9H,2-3,7,18H2,1H3,(H,19,20). The molecule has 4 nitrogen and oxygen atoms in total. The minimum absolute atomic E-state index is 0.0448. The quantitative estimate of drug-likeness (QED) is 0.822. The maximum absolute atomic E-state index is 12.7. The zero-order chi connectivity index (χ0) is 15.6. The van der Waals surface area contributed by atoms with Gasteiger partial charge in [0.1, 0.15) is 6.10 Å². The number of carbonyl (C=O) groups is 1. The van der Waals surface area contributed by atoms with Crippen LogP contribution in [0, 0.1) is 5.92 Å². The summed E-state index contributed by atoms with van der Waals surface area (Å²) < 4.78 is 43.5. The molecule has 7 heteroatoms. The number of rotatable bonds is 5. The molecule has 1 fully saturated rings. The van der Waals surface area contributed by atoms with Gasteiger partial charge in [0.15, 0.2) is 0 Å². The summed E-state index contributed by atoms with van der Waals surface area (Å²) in [6.45, 7) is 2.07. The van der Waals surface area contributed by atoms with Crippen LogP contribution in [0.25, 0.3) is 0 Å². The first kappa shape index (κ1) is 15.6. The van der Waals surface area contributed by atoms with E-state index in [2.05, 4.69) is 5.32 Å². The minimum Gasteiger partial charge on any atom is -0.398 e. The number of benzene rings is 1. The van der Waals surface area contributed by atoms with Crippen molar-refractivity contribution in [1.82, 2.24) is 0 Å². The molecule has 0 bridgehead atoms. The minimum atomic E-state index is -4.56. The van der Waals surface area contributed by atoms with Crippen LogP contribution in [0.4, 0.5) is 24.5 Å². The third kappa shape index (κ3) is 4.35. The first-order valence-corrected chi connectivity index (χ1v) is 6.66. The van der Waals surface area contributed by atoms with E-state index < -0.39 is 23.8 Å². The van der Waals surface area contributed by atoms with Gasteiger partial charge in [0, 0.05) is 11.4 Å². The molecule has 1 aromatic carbocycles. The van der Waals surface area contributed by atoms with Gasteiger partial charge < -0.3 is 15.8 Å². The molecule has 0 spiro atoms. The van der Waals surface area contributed by atoms with Crippen molar-refractivity contribution in [2.75, 3.05) is 17.7 Å². The molecule has 0 aromatic heterocycles. The lowest BCUT2D eigenvalue weighted by atomic mass is 10.1. The second-order valence-corrected chi connectivity index (χ2v) is 5.21. The Balaban J connectivity index is 1.99. The van der Waals surface area contributed by atoms with Gasteiger partial charge in [0.05, 0.1) is 12.2 Å². The van der Waals surface area contributed by atoms with Crippen LogP contribution in [-0.2, 0) is 15.7 Å². The van der Waals surface area contributed by atoms with Crippen molar-refractivity contribution in [3.8, 4) is 0 Å².